The van der Waals surface area contributed by atoms with E-state index in [4.69, 9.17) is 9.88 Å². The summed E-state index contributed by atoms with van der Waals surface area (Å²) in [5.41, 5.74) is 1.10. The van der Waals surface area contributed by atoms with E-state index in [1.807, 2.05) is 4.72 Å². The number of rotatable bonds is 8. The molecular formula is C18H23N7O7S. The average Bonchev–Trinajstić information content (AvgIpc) is 3.31. The normalized spacial score (nSPS) is 24.2. The first kappa shape index (κ1) is 23.2. The van der Waals surface area contributed by atoms with Crippen LogP contribution in [0, 0.1) is 0 Å². The van der Waals surface area contributed by atoms with E-state index in [0.717, 1.165) is 0 Å². The number of ether oxygens (including phenoxy) is 1. The van der Waals surface area contributed by atoms with Gasteiger partial charge < -0.3 is 30.5 Å². The Labute approximate surface area is 187 Å². The number of aromatic nitrogens is 4. The lowest BCUT2D eigenvalue weighted by Gasteiger charge is -2.17. The standard InChI is InChI=1S/C18H23N7O7S/c19-33(30,31)24-6-12-14(28)15(29)18(32-12)25-8-23-13-16(21-7-22-17(13)25)20-5-11(27)9-2-1-3-10(26)4-9/h1-4,7-8,11-12,14-15,18,24,26-29H,5-6H2,(H2,19,30,31)(H,20,21,22)/t11-,12+,14+,15?,18?/m0/s1. The summed E-state index contributed by atoms with van der Waals surface area (Å²) < 4.78 is 31.3. The van der Waals surface area contributed by atoms with Crippen molar-refractivity contribution in [2.45, 2.75) is 30.6 Å². The predicted octanol–water partition coefficient (Wildman–Crippen LogP) is -1.91. The summed E-state index contributed by atoms with van der Waals surface area (Å²) in [5.74, 6) is 0.336. The van der Waals surface area contributed by atoms with Crippen molar-refractivity contribution in [2.75, 3.05) is 18.4 Å². The number of fused-ring (bicyclic) bond motifs is 1. The van der Waals surface area contributed by atoms with E-state index in [2.05, 4.69) is 20.3 Å². The number of nitrogens with zero attached hydrogens (tertiary/aromatic N) is 4. The Hall–Kier alpha value is -2.92. The Kier molecular flexibility index (Phi) is 6.44. The minimum Gasteiger partial charge on any atom is -0.508 e. The number of nitrogens with one attached hydrogen (secondary N) is 2. The Morgan fingerprint density at radius 3 is 2.73 bits per heavy atom. The van der Waals surface area contributed by atoms with Gasteiger partial charge >= 0.3 is 0 Å². The molecule has 2 unspecified atom stereocenters. The summed E-state index contributed by atoms with van der Waals surface area (Å²) in [7, 11) is -4.01. The highest BCUT2D eigenvalue weighted by molar-refractivity contribution is 7.87. The first-order valence-electron chi connectivity index (χ1n) is 9.81. The molecule has 1 aromatic carbocycles. The van der Waals surface area contributed by atoms with Gasteiger partial charge in [0, 0.05) is 13.1 Å². The molecule has 3 heterocycles. The second-order valence-corrected chi connectivity index (χ2v) is 8.86. The number of aliphatic hydroxyl groups excluding tert-OH is 3. The lowest BCUT2D eigenvalue weighted by Crippen LogP contribution is -2.42. The van der Waals surface area contributed by atoms with Crippen molar-refractivity contribution in [3.63, 3.8) is 0 Å². The third kappa shape index (κ3) is 5.03. The van der Waals surface area contributed by atoms with Crippen LogP contribution in [0.4, 0.5) is 5.82 Å². The highest BCUT2D eigenvalue weighted by atomic mass is 32.2. The second kappa shape index (κ2) is 9.14. The molecule has 14 nitrogen and oxygen atoms in total. The number of phenolic OH excluding ortho intramolecular Hbond substituents is 1. The van der Waals surface area contributed by atoms with Crippen LogP contribution < -0.4 is 15.2 Å². The quantitative estimate of drug-likeness (QED) is 0.188. The highest BCUT2D eigenvalue weighted by Crippen LogP contribution is 2.32. The van der Waals surface area contributed by atoms with Crippen molar-refractivity contribution in [1.82, 2.24) is 24.2 Å². The molecule has 1 aliphatic rings. The van der Waals surface area contributed by atoms with Crippen LogP contribution in [0.5, 0.6) is 5.75 Å². The number of imidazole rings is 1. The zero-order valence-electron chi connectivity index (χ0n) is 17.1. The van der Waals surface area contributed by atoms with Crippen LogP contribution in [0.25, 0.3) is 11.2 Å². The number of anilines is 1. The molecule has 0 saturated carbocycles. The van der Waals surface area contributed by atoms with E-state index in [1.54, 1.807) is 12.1 Å². The number of aromatic hydroxyl groups is 1. The molecule has 5 atom stereocenters. The SMILES string of the molecule is NS(=O)(=O)NC[C@H]1OC(n2cnc3c(NC[C@H](O)c4cccc(O)c4)ncnc32)C(O)[C@@H]1O. The lowest BCUT2D eigenvalue weighted by atomic mass is 10.1. The zero-order valence-corrected chi connectivity index (χ0v) is 17.9. The van der Waals surface area contributed by atoms with Crippen LogP contribution in [0.3, 0.4) is 0 Å². The van der Waals surface area contributed by atoms with Gasteiger partial charge in [-0.25, -0.2) is 20.1 Å². The molecule has 1 saturated heterocycles. The summed E-state index contributed by atoms with van der Waals surface area (Å²) in [5, 5.41) is 48.5. The van der Waals surface area contributed by atoms with E-state index in [-0.39, 0.29) is 24.5 Å². The van der Waals surface area contributed by atoms with Gasteiger partial charge in [0.25, 0.3) is 10.2 Å². The van der Waals surface area contributed by atoms with Gasteiger partial charge in [0.1, 0.15) is 30.4 Å². The molecule has 2 aromatic heterocycles. The molecule has 15 heteroatoms. The van der Waals surface area contributed by atoms with Crippen molar-refractivity contribution in [1.29, 1.82) is 0 Å². The third-order valence-electron chi connectivity index (χ3n) is 5.17. The van der Waals surface area contributed by atoms with Crippen molar-refractivity contribution in [3.8, 4) is 5.75 Å². The van der Waals surface area contributed by atoms with Gasteiger partial charge in [0.15, 0.2) is 23.2 Å². The summed E-state index contributed by atoms with van der Waals surface area (Å²) in [6.45, 7) is -0.278. The average molecular weight is 481 g/mol. The molecule has 0 spiro atoms. The molecule has 1 aliphatic heterocycles. The molecule has 178 valence electrons. The summed E-state index contributed by atoms with van der Waals surface area (Å²) in [6.07, 6.45) is -3.29. The minimum atomic E-state index is -4.01. The Bertz CT molecular complexity index is 1240. The van der Waals surface area contributed by atoms with Gasteiger partial charge in [0.05, 0.1) is 12.4 Å². The van der Waals surface area contributed by atoms with Crippen LogP contribution in [-0.4, -0.2) is 79.8 Å². The molecule has 0 aliphatic carbocycles. The number of phenols is 1. The number of aliphatic hydroxyl groups is 3. The lowest BCUT2D eigenvalue weighted by molar-refractivity contribution is -0.0330. The molecule has 1 fully saturated rings. The highest BCUT2D eigenvalue weighted by Gasteiger charge is 2.44. The van der Waals surface area contributed by atoms with Crippen LogP contribution >= 0.6 is 0 Å². The summed E-state index contributed by atoms with van der Waals surface area (Å²) >= 11 is 0. The molecule has 4 rings (SSSR count). The van der Waals surface area contributed by atoms with Crippen LogP contribution in [0.2, 0.25) is 0 Å². The fourth-order valence-corrected chi connectivity index (χ4v) is 3.93. The van der Waals surface area contributed by atoms with E-state index in [0.29, 0.717) is 16.9 Å². The molecule has 0 amide bonds. The van der Waals surface area contributed by atoms with Crippen molar-refractivity contribution >= 4 is 27.2 Å². The topological polar surface area (TPSA) is 218 Å². The third-order valence-corrected chi connectivity index (χ3v) is 5.74. The maximum absolute atomic E-state index is 11.1. The van der Waals surface area contributed by atoms with Crippen molar-refractivity contribution in [3.05, 3.63) is 42.5 Å². The van der Waals surface area contributed by atoms with E-state index in [1.165, 1.54) is 29.4 Å². The first-order chi connectivity index (χ1) is 15.6. The fourth-order valence-electron chi connectivity index (χ4n) is 3.54. The smallest absolute Gasteiger partial charge is 0.274 e. The second-order valence-electron chi connectivity index (χ2n) is 7.48. The van der Waals surface area contributed by atoms with Gasteiger partial charge in [-0.2, -0.15) is 13.1 Å². The van der Waals surface area contributed by atoms with E-state index in [9.17, 15) is 28.8 Å². The molecule has 3 aromatic rings. The van der Waals surface area contributed by atoms with Crippen LogP contribution in [0.15, 0.2) is 36.9 Å². The molecule has 0 bridgehead atoms. The van der Waals surface area contributed by atoms with Gasteiger partial charge in [-0.1, -0.05) is 12.1 Å². The zero-order chi connectivity index (χ0) is 23.8. The Morgan fingerprint density at radius 1 is 1.21 bits per heavy atom. The molecular weight excluding hydrogens is 458 g/mol. The monoisotopic (exact) mass is 481 g/mol. The van der Waals surface area contributed by atoms with Crippen LogP contribution in [0.1, 0.15) is 17.9 Å². The van der Waals surface area contributed by atoms with Crippen LogP contribution in [-0.2, 0) is 14.9 Å². The fraction of sp³-hybridized carbons (Fsp3) is 0.389. The van der Waals surface area contributed by atoms with E-state index >= 15 is 0 Å². The number of nitrogens with two attached hydrogens (primary N) is 1. The number of hydrogen-bond donors (Lipinski definition) is 7. The number of hydrogen-bond acceptors (Lipinski definition) is 11. The largest absolute Gasteiger partial charge is 0.508 e. The minimum absolute atomic E-state index is 0.0320. The van der Waals surface area contributed by atoms with E-state index < -0.39 is 40.9 Å². The first-order valence-corrected chi connectivity index (χ1v) is 11.4. The number of benzene rings is 1. The Balaban J connectivity index is 1.51. The maximum Gasteiger partial charge on any atom is 0.274 e. The van der Waals surface area contributed by atoms with Gasteiger partial charge in [-0.05, 0) is 17.7 Å². The predicted molar refractivity (Wildman–Crippen MR) is 114 cm³/mol. The van der Waals surface area contributed by atoms with Crippen molar-refractivity contribution in [2.24, 2.45) is 5.14 Å². The van der Waals surface area contributed by atoms with Gasteiger partial charge in [-0.15, -0.1) is 0 Å². The van der Waals surface area contributed by atoms with Gasteiger partial charge in [0.2, 0.25) is 0 Å². The van der Waals surface area contributed by atoms with Crippen molar-refractivity contribution < 1.29 is 33.6 Å². The summed E-state index contributed by atoms with van der Waals surface area (Å²) in [4.78, 5) is 12.5. The Morgan fingerprint density at radius 2 is 2.00 bits per heavy atom. The molecule has 0 radical (unpaired) electrons. The maximum atomic E-state index is 11.1. The molecule has 33 heavy (non-hydrogen) atoms. The summed E-state index contributed by atoms with van der Waals surface area (Å²) in [6, 6.07) is 6.23. The molecule has 8 N–H and O–H groups in total. The van der Waals surface area contributed by atoms with Gasteiger partial charge in [-0.3, -0.25) is 4.57 Å².